The summed E-state index contributed by atoms with van der Waals surface area (Å²) in [7, 11) is -1.08. The number of benzene rings is 1. The molecule has 3 rings (SSSR count). The van der Waals surface area contributed by atoms with Crippen LogP contribution in [0.3, 0.4) is 0 Å². The summed E-state index contributed by atoms with van der Waals surface area (Å²) in [5.41, 5.74) is 1.93. The first-order chi connectivity index (χ1) is 11.9. The molecule has 0 bridgehead atoms. The number of rotatable bonds is 7. The molecule has 3 aromatic rings. The second-order valence-corrected chi connectivity index (χ2v) is 13.0. The van der Waals surface area contributed by atoms with Crippen molar-refractivity contribution in [3.05, 3.63) is 41.9 Å². The van der Waals surface area contributed by atoms with Gasteiger partial charge in [-0.15, -0.1) is 0 Å². The molecule has 0 saturated carbocycles. The maximum absolute atomic E-state index is 5.84. The number of aromatic nitrogens is 4. The second-order valence-electron chi connectivity index (χ2n) is 7.07. The topological polar surface area (TPSA) is 64.9 Å². The van der Waals surface area contributed by atoms with E-state index >= 15 is 0 Å². The Kier molecular flexibility index (Phi) is 5.36. The summed E-state index contributed by atoms with van der Waals surface area (Å²) < 4.78 is 7.69. The van der Waals surface area contributed by atoms with E-state index in [4.69, 9.17) is 16.3 Å². The molecule has 0 aliphatic heterocycles. The Morgan fingerprint density at radius 3 is 2.84 bits per heavy atom. The molecular weight excluding hydrogens is 354 g/mol. The molecule has 132 valence electrons. The molecule has 0 aliphatic rings. The van der Waals surface area contributed by atoms with Gasteiger partial charge < -0.3 is 10.1 Å². The molecule has 0 unspecified atom stereocenters. The van der Waals surface area contributed by atoms with Crippen LogP contribution in [0.15, 0.2) is 36.7 Å². The van der Waals surface area contributed by atoms with Gasteiger partial charge in [0.25, 0.3) is 0 Å². The zero-order chi connectivity index (χ0) is 17.9. The van der Waals surface area contributed by atoms with Crippen molar-refractivity contribution in [3.8, 4) is 0 Å². The molecular formula is C17H22ClN5OSi. The molecule has 0 spiro atoms. The maximum atomic E-state index is 5.84. The summed E-state index contributed by atoms with van der Waals surface area (Å²) in [5, 5.41) is 8.93. The van der Waals surface area contributed by atoms with Crippen LogP contribution in [-0.2, 0) is 11.5 Å². The van der Waals surface area contributed by atoms with Gasteiger partial charge in [-0.2, -0.15) is 5.10 Å². The summed E-state index contributed by atoms with van der Waals surface area (Å²) in [5.74, 6) is 0.645. The Morgan fingerprint density at radius 1 is 1.24 bits per heavy atom. The highest BCUT2D eigenvalue weighted by atomic mass is 35.5. The average molecular weight is 376 g/mol. The molecule has 1 aromatic carbocycles. The van der Waals surface area contributed by atoms with Crippen LogP contribution in [0, 0.1) is 0 Å². The Morgan fingerprint density at radius 2 is 2.08 bits per heavy atom. The summed E-state index contributed by atoms with van der Waals surface area (Å²) >= 11 is 5.84. The third-order valence-electron chi connectivity index (χ3n) is 3.79. The van der Waals surface area contributed by atoms with E-state index in [0.717, 1.165) is 29.2 Å². The number of halogens is 1. The van der Waals surface area contributed by atoms with Crippen molar-refractivity contribution in [3.63, 3.8) is 0 Å². The number of ether oxygens (including phenoxy) is 1. The number of hydrogen-bond acceptors (Lipinski definition) is 5. The van der Waals surface area contributed by atoms with Gasteiger partial charge in [0, 0.05) is 26.3 Å². The monoisotopic (exact) mass is 375 g/mol. The third-order valence-corrected chi connectivity index (χ3v) is 5.67. The van der Waals surface area contributed by atoms with E-state index in [9.17, 15) is 0 Å². The quantitative estimate of drug-likeness (QED) is 0.373. The first kappa shape index (κ1) is 17.8. The number of anilines is 2. The van der Waals surface area contributed by atoms with Gasteiger partial charge in [-0.05, 0) is 35.8 Å². The molecule has 0 saturated heterocycles. The van der Waals surface area contributed by atoms with Gasteiger partial charge in [0.1, 0.15) is 12.5 Å². The van der Waals surface area contributed by atoms with Crippen LogP contribution in [0.2, 0.25) is 31.0 Å². The lowest BCUT2D eigenvalue weighted by Crippen LogP contribution is -2.22. The van der Waals surface area contributed by atoms with Crippen molar-refractivity contribution in [1.82, 2.24) is 19.7 Å². The number of hydrogen-bond donors (Lipinski definition) is 1. The van der Waals surface area contributed by atoms with Gasteiger partial charge in [0.05, 0.1) is 17.4 Å². The summed E-state index contributed by atoms with van der Waals surface area (Å²) in [6.45, 7) is 8.26. The highest BCUT2D eigenvalue weighted by molar-refractivity contribution is 6.76. The van der Waals surface area contributed by atoms with E-state index in [1.54, 1.807) is 12.3 Å². The van der Waals surface area contributed by atoms with E-state index in [1.807, 2.05) is 29.1 Å². The minimum absolute atomic E-state index is 0.212. The van der Waals surface area contributed by atoms with E-state index in [1.165, 1.54) is 0 Å². The molecule has 25 heavy (non-hydrogen) atoms. The van der Waals surface area contributed by atoms with E-state index in [-0.39, 0.29) is 5.28 Å². The van der Waals surface area contributed by atoms with Crippen molar-refractivity contribution in [2.45, 2.75) is 32.4 Å². The Balaban J connectivity index is 1.73. The minimum atomic E-state index is -1.08. The molecule has 0 radical (unpaired) electrons. The Hall–Kier alpha value is -1.96. The van der Waals surface area contributed by atoms with Gasteiger partial charge in [0.15, 0.2) is 0 Å². The second kappa shape index (κ2) is 7.51. The maximum Gasteiger partial charge on any atom is 0.224 e. The normalized spacial score (nSPS) is 11.8. The van der Waals surface area contributed by atoms with E-state index < -0.39 is 8.07 Å². The zero-order valence-corrected chi connectivity index (χ0v) is 16.4. The highest BCUT2D eigenvalue weighted by Gasteiger charge is 2.13. The van der Waals surface area contributed by atoms with Gasteiger partial charge in [-0.3, -0.25) is 0 Å². The molecule has 2 heterocycles. The fourth-order valence-electron chi connectivity index (χ4n) is 2.39. The highest BCUT2D eigenvalue weighted by Crippen LogP contribution is 2.26. The van der Waals surface area contributed by atoms with Crippen LogP contribution in [-0.4, -0.2) is 34.4 Å². The molecule has 8 heteroatoms. The molecule has 1 N–H and O–H groups in total. The zero-order valence-electron chi connectivity index (χ0n) is 14.7. The first-order valence-corrected chi connectivity index (χ1v) is 12.3. The molecule has 0 atom stereocenters. The largest absolute Gasteiger partial charge is 0.360 e. The summed E-state index contributed by atoms with van der Waals surface area (Å²) in [4.78, 5) is 8.05. The van der Waals surface area contributed by atoms with Crippen LogP contribution in [0.5, 0.6) is 0 Å². The fourth-order valence-corrected chi connectivity index (χ4v) is 3.29. The van der Waals surface area contributed by atoms with E-state index in [0.29, 0.717) is 12.5 Å². The molecule has 6 nitrogen and oxygen atoms in total. The first-order valence-electron chi connectivity index (χ1n) is 8.20. The van der Waals surface area contributed by atoms with Gasteiger partial charge >= 0.3 is 0 Å². The number of fused-ring (bicyclic) bond motifs is 1. The summed E-state index contributed by atoms with van der Waals surface area (Å²) in [6.07, 6.45) is 3.45. The number of nitrogens with one attached hydrogen (secondary N) is 1. The lowest BCUT2D eigenvalue weighted by molar-refractivity contribution is 0.0817. The molecule has 0 amide bonds. The standard InChI is InChI=1S/C17H22ClN5OSi/c1-25(2,3)10-9-24-12-23-15-6-4-5-14(13(15)11-20-23)21-16-7-8-19-17(18)22-16/h4-8,11H,9-10,12H2,1-3H3,(H,19,21,22). The van der Waals surface area contributed by atoms with Crippen LogP contribution in [0.1, 0.15) is 0 Å². The molecule has 0 fully saturated rings. The SMILES string of the molecule is C[Si](C)(C)CCOCn1ncc2c(Nc3ccnc(Cl)n3)cccc21. The van der Waals surface area contributed by atoms with Crippen LogP contribution in [0.25, 0.3) is 10.9 Å². The molecule has 0 aliphatic carbocycles. The van der Waals surface area contributed by atoms with Crippen LogP contribution in [0.4, 0.5) is 11.5 Å². The van der Waals surface area contributed by atoms with Crippen molar-refractivity contribution >= 4 is 42.1 Å². The van der Waals surface area contributed by atoms with Gasteiger partial charge in [-0.1, -0.05) is 25.7 Å². The van der Waals surface area contributed by atoms with Crippen LogP contribution >= 0.6 is 11.6 Å². The fraction of sp³-hybridized carbons (Fsp3) is 0.353. The Bertz CT molecular complexity index is 862. The lowest BCUT2D eigenvalue weighted by atomic mass is 10.2. The molecule has 2 aromatic heterocycles. The van der Waals surface area contributed by atoms with Crippen LogP contribution < -0.4 is 5.32 Å². The summed E-state index contributed by atoms with van der Waals surface area (Å²) in [6, 6.07) is 8.91. The smallest absolute Gasteiger partial charge is 0.224 e. The third kappa shape index (κ3) is 4.78. The minimum Gasteiger partial charge on any atom is -0.360 e. The predicted molar refractivity (Wildman–Crippen MR) is 104 cm³/mol. The van der Waals surface area contributed by atoms with Gasteiger partial charge in [0.2, 0.25) is 5.28 Å². The van der Waals surface area contributed by atoms with Crippen molar-refractivity contribution in [1.29, 1.82) is 0 Å². The van der Waals surface area contributed by atoms with E-state index in [2.05, 4.69) is 40.0 Å². The lowest BCUT2D eigenvalue weighted by Gasteiger charge is -2.15. The Labute approximate surface area is 153 Å². The van der Waals surface area contributed by atoms with Gasteiger partial charge in [-0.25, -0.2) is 14.6 Å². The van der Waals surface area contributed by atoms with Crippen molar-refractivity contribution in [2.75, 3.05) is 11.9 Å². The number of nitrogens with zero attached hydrogens (tertiary/aromatic N) is 4. The average Bonchev–Trinajstić information content (AvgIpc) is 2.95. The van der Waals surface area contributed by atoms with Crippen molar-refractivity contribution in [2.24, 2.45) is 0 Å². The predicted octanol–water partition coefficient (Wildman–Crippen LogP) is 4.54. The van der Waals surface area contributed by atoms with Crippen molar-refractivity contribution < 1.29 is 4.74 Å².